The zero-order valence-electron chi connectivity index (χ0n) is 17.0. The molecule has 0 saturated heterocycles. The van der Waals surface area contributed by atoms with Gasteiger partial charge in [0.15, 0.2) is 0 Å². The standard InChI is InChI=1S/C20H39NO4/c1-6-7-8-9-10-11-12-13-14-15-16-25-18(22)17(20(2,3)4)21-19(23)24-5/h17H,6-16H2,1-5H3,(H,21,23). The fourth-order valence-corrected chi connectivity index (χ4v) is 2.65. The van der Waals surface area contributed by atoms with E-state index in [-0.39, 0.29) is 0 Å². The first-order chi connectivity index (χ1) is 11.8. The van der Waals surface area contributed by atoms with E-state index in [2.05, 4.69) is 17.0 Å². The second-order valence-corrected chi connectivity index (χ2v) is 7.78. The molecule has 25 heavy (non-hydrogen) atoms. The van der Waals surface area contributed by atoms with E-state index in [9.17, 15) is 9.59 Å². The molecule has 0 aliphatic carbocycles. The van der Waals surface area contributed by atoms with E-state index in [0.29, 0.717) is 6.61 Å². The molecule has 0 radical (unpaired) electrons. The maximum absolute atomic E-state index is 12.2. The molecule has 0 bridgehead atoms. The summed E-state index contributed by atoms with van der Waals surface area (Å²) in [5, 5.41) is 2.56. The predicted molar refractivity (Wildman–Crippen MR) is 102 cm³/mol. The molecule has 0 saturated carbocycles. The first-order valence-electron chi connectivity index (χ1n) is 9.84. The van der Waals surface area contributed by atoms with E-state index in [1.54, 1.807) is 0 Å². The van der Waals surface area contributed by atoms with Gasteiger partial charge in [-0.2, -0.15) is 0 Å². The molecule has 0 aromatic rings. The topological polar surface area (TPSA) is 64.6 Å². The number of alkyl carbamates (subject to hydrolysis) is 1. The van der Waals surface area contributed by atoms with Gasteiger partial charge in [0.1, 0.15) is 6.04 Å². The third-order valence-electron chi connectivity index (χ3n) is 4.29. The van der Waals surface area contributed by atoms with Crippen LogP contribution in [0.2, 0.25) is 0 Å². The summed E-state index contributed by atoms with van der Waals surface area (Å²) in [6.45, 7) is 8.30. The maximum atomic E-state index is 12.2. The Morgan fingerprint density at radius 1 is 0.880 bits per heavy atom. The lowest BCUT2D eigenvalue weighted by Gasteiger charge is -2.28. The number of rotatable bonds is 13. The van der Waals surface area contributed by atoms with Crippen LogP contribution < -0.4 is 5.32 Å². The van der Waals surface area contributed by atoms with Gasteiger partial charge >= 0.3 is 12.1 Å². The van der Waals surface area contributed by atoms with E-state index >= 15 is 0 Å². The number of nitrogens with one attached hydrogen (secondary N) is 1. The molecule has 1 amide bonds. The molecule has 0 heterocycles. The minimum atomic E-state index is -0.705. The Balaban J connectivity index is 3.80. The number of esters is 1. The number of amides is 1. The van der Waals surface area contributed by atoms with Gasteiger partial charge in [-0.05, 0) is 11.8 Å². The van der Waals surface area contributed by atoms with E-state index < -0.39 is 23.5 Å². The predicted octanol–water partition coefficient (Wildman–Crippen LogP) is 5.22. The van der Waals surface area contributed by atoms with Gasteiger partial charge in [-0.25, -0.2) is 9.59 Å². The molecule has 0 aromatic heterocycles. The van der Waals surface area contributed by atoms with Gasteiger partial charge in [-0.3, -0.25) is 0 Å². The van der Waals surface area contributed by atoms with Crippen LogP contribution in [0.1, 0.15) is 91.9 Å². The Bertz CT molecular complexity index is 363. The highest BCUT2D eigenvalue weighted by atomic mass is 16.5. The molecule has 148 valence electrons. The molecule has 1 unspecified atom stereocenters. The average Bonchev–Trinajstić information content (AvgIpc) is 2.56. The van der Waals surface area contributed by atoms with E-state index in [0.717, 1.165) is 12.8 Å². The molecule has 5 heteroatoms. The largest absolute Gasteiger partial charge is 0.464 e. The number of carbonyl (C=O) groups excluding carboxylic acids is 2. The van der Waals surface area contributed by atoms with Gasteiger partial charge in [0.2, 0.25) is 0 Å². The number of carbonyl (C=O) groups is 2. The van der Waals surface area contributed by atoms with Crippen molar-refractivity contribution in [3.05, 3.63) is 0 Å². The van der Waals surface area contributed by atoms with Gasteiger partial charge in [0.05, 0.1) is 13.7 Å². The summed E-state index contributed by atoms with van der Waals surface area (Å²) in [5.74, 6) is -0.395. The van der Waals surface area contributed by atoms with E-state index in [1.165, 1.54) is 58.5 Å². The summed E-state index contributed by atoms with van der Waals surface area (Å²) in [4.78, 5) is 23.6. The van der Waals surface area contributed by atoms with Crippen molar-refractivity contribution in [2.45, 2.75) is 97.9 Å². The number of unbranched alkanes of at least 4 members (excludes halogenated alkanes) is 9. The molecular formula is C20H39NO4. The Hall–Kier alpha value is -1.26. The van der Waals surface area contributed by atoms with Crippen LogP contribution in [0, 0.1) is 5.41 Å². The van der Waals surface area contributed by atoms with Gasteiger partial charge in [-0.15, -0.1) is 0 Å². The monoisotopic (exact) mass is 357 g/mol. The molecule has 0 rings (SSSR count). The first-order valence-corrected chi connectivity index (χ1v) is 9.84. The Kier molecular flexibility index (Phi) is 13.3. The summed E-state index contributed by atoms with van der Waals surface area (Å²) in [6, 6.07) is -0.705. The van der Waals surface area contributed by atoms with Gasteiger partial charge < -0.3 is 14.8 Å². The van der Waals surface area contributed by atoms with Crippen molar-refractivity contribution < 1.29 is 19.1 Å². The summed E-state index contributed by atoms with van der Waals surface area (Å²) in [5.41, 5.74) is -0.428. The highest BCUT2D eigenvalue weighted by molar-refractivity contribution is 5.82. The second kappa shape index (κ2) is 14.0. The molecule has 5 nitrogen and oxygen atoms in total. The third kappa shape index (κ3) is 12.7. The summed E-state index contributed by atoms with van der Waals surface area (Å²) in [7, 11) is 1.28. The van der Waals surface area contributed by atoms with Crippen LogP contribution >= 0.6 is 0 Å². The van der Waals surface area contributed by atoms with Crippen LogP contribution in [0.5, 0.6) is 0 Å². The molecule has 0 spiro atoms. The molecule has 0 aliphatic rings. The molecular weight excluding hydrogens is 318 g/mol. The lowest BCUT2D eigenvalue weighted by molar-refractivity contribution is -0.149. The Morgan fingerprint density at radius 3 is 1.80 bits per heavy atom. The van der Waals surface area contributed by atoms with Crippen molar-refractivity contribution in [3.63, 3.8) is 0 Å². The maximum Gasteiger partial charge on any atom is 0.407 e. The normalized spacial score (nSPS) is 12.5. The molecule has 0 aromatic carbocycles. The van der Waals surface area contributed by atoms with Crippen LogP contribution in [0.25, 0.3) is 0 Å². The lowest BCUT2D eigenvalue weighted by Crippen LogP contribution is -2.49. The fraction of sp³-hybridized carbons (Fsp3) is 0.900. The van der Waals surface area contributed by atoms with Crippen LogP contribution in [-0.2, 0) is 14.3 Å². The summed E-state index contributed by atoms with van der Waals surface area (Å²) in [6.07, 6.45) is 11.8. The summed E-state index contributed by atoms with van der Waals surface area (Å²) >= 11 is 0. The SMILES string of the molecule is CCCCCCCCCCCCOC(=O)C(NC(=O)OC)C(C)(C)C. The quantitative estimate of drug-likeness (QED) is 0.362. The second-order valence-electron chi connectivity index (χ2n) is 7.78. The molecule has 0 aliphatic heterocycles. The smallest absolute Gasteiger partial charge is 0.407 e. The van der Waals surface area contributed by atoms with Crippen molar-refractivity contribution in [2.75, 3.05) is 13.7 Å². The Morgan fingerprint density at radius 2 is 1.36 bits per heavy atom. The zero-order chi connectivity index (χ0) is 19.1. The molecule has 1 N–H and O–H groups in total. The third-order valence-corrected chi connectivity index (χ3v) is 4.29. The highest BCUT2D eigenvalue weighted by Gasteiger charge is 2.34. The minimum Gasteiger partial charge on any atom is -0.464 e. The number of methoxy groups -OCH3 is 1. The molecule has 1 atom stereocenters. The van der Waals surface area contributed by atoms with Crippen LogP contribution in [-0.4, -0.2) is 31.8 Å². The van der Waals surface area contributed by atoms with Crippen LogP contribution in [0.15, 0.2) is 0 Å². The van der Waals surface area contributed by atoms with Crippen LogP contribution in [0.4, 0.5) is 4.79 Å². The van der Waals surface area contributed by atoms with E-state index in [4.69, 9.17) is 4.74 Å². The highest BCUT2D eigenvalue weighted by Crippen LogP contribution is 2.21. The summed E-state index contributed by atoms with van der Waals surface area (Å²) < 4.78 is 9.92. The van der Waals surface area contributed by atoms with Crippen molar-refractivity contribution in [1.82, 2.24) is 5.32 Å². The number of ether oxygens (including phenoxy) is 2. The van der Waals surface area contributed by atoms with Crippen molar-refractivity contribution >= 4 is 12.1 Å². The van der Waals surface area contributed by atoms with Gasteiger partial charge in [0.25, 0.3) is 0 Å². The van der Waals surface area contributed by atoms with Crippen molar-refractivity contribution in [2.24, 2.45) is 5.41 Å². The van der Waals surface area contributed by atoms with E-state index in [1.807, 2.05) is 20.8 Å². The Labute approximate surface area is 154 Å². The first kappa shape index (κ1) is 23.7. The zero-order valence-corrected chi connectivity index (χ0v) is 17.0. The fourth-order valence-electron chi connectivity index (χ4n) is 2.65. The average molecular weight is 358 g/mol. The lowest BCUT2D eigenvalue weighted by atomic mass is 9.87. The van der Waals surface area contributed by atoms with Crippen molar-refractivity contribution in [3.8, 4) is 0 Å². The van der Waals surface area contributed by atoms with Gasteiger partial charge in [-0.1, -0.05) is 85.5 Å². The van der Waals surface area contributed by atoms with Crippen molar-refractivity contribution in [1.29, 1.82) is 0 Å². The number of hydrogen-bond acceptors (Lipinski definition) is 4. The minimum absolute atomic E-state index is 0.395. The van der Waals surface area contributed by atoms with Crippen LogP contribution in [0.3, 0.4) is 0 Å². The number of hydrogen-bond donors (Lipinski definition) is 1. The van der Waals surface area contributed by atoms with Gasteiger partial charge in [0, 0.05) is 0 Å². The molecule has 0 fully saturated rings.